The zero-order valence-corrected chi connectivity index (χ0v) is 9.86. The van der Waals surface area contributed by atoms with Crippen LogP contribution in [-0.4, -0.2) is 0 Å². The van der Waals surface area contributed by atoms with Crippen molar-refractivity contribution >= 4 is 5.69 Å². The summed E-state index contributed by atoms with van der Waals surface area (Å²) in [6, 6.07) is 10.3. The van der Waals surface area contributed by atoms with E-state index in [0.29, 0.717) is 11.8 Å². The molecule has 2 aromatic carbocycles. The Morgan fingerprint density at radius 2 is 1.84 bits per heavy atom. The van der Waals surface area contributed by atoms with Crippen molar-refractivity contribution in [3.05, 3.63) is 53.6 Å². The molecule has 2 rings (SSSR count). The predicted octanol–water partition coefficient (Wildman–Crippen LogP) is 3.41. The third-order valence-corrected chi connectivity index (χ3v) is 2.49. The van der Waals surface area contributed by atoms with Crippen molar-refractivity contribution in [1.82, 2.24) is 0 Å². The Hall–Kier alpha value is -2.61. The summed E-state index contributed by atoms with van der Waals surface area (Å²) in [5.41, 5.74) is 6.05. The second-order valence-corrected chi connectivity index (χ2v) is 3.88. The van der Waals surface area contributed by atoms with E-state index in [2.05, 4.69) is 0 Å². The number of halogens is 2. The minimum absolute atomic E-state index is 0.0782. The quantitative estimate of drug-likeness (QED) is 0.860. The summed E-state index contributed by atoms with van der Waals surface area (Å²) < 4.78 is 31.6. The van der Waals surface area contributed by atoms with Crippen LogP contribution in [-0.2, 0) is 6.42 Å². The first-order valence-corrected chi connectivity index (χ1v) is 5.48. The number of hydrogen-bond donors (Lipinski definition) is 1. The van der Waals surface area contributed by atoms with Gasteiger partial charge in [-0.25, -0.2) is 8.78 Å². The minimum atomic E-state index is -0.865. The molecule has 5 heteroatoms. The zero-order valence-electron chi connectivity index (χ0n) is 9.86. The van der Waals surface area contributed by atoms with Gasteiger partial charge in [-0.05, 0) is 17.7 Å². The molecule has 0 radical (unpaired) electrons. The molecule has 0 fully saturated rings. The third-order valence-electron chi connectivity index (χ3n) is 2.49. The van der Waals surface area contributed by atoms with Gasteiger partial charge in [0.05, 0.1) is 12.5 Å². The summed E-state index contributed by atoms with van der Waals surface area (Å²) in [5, 5.41) is 8.54. The highest BCUT2D eigenvalue weighted by molar-refractivity contribution is 5.55. The van der Waals surface area contributed by atoms with Crippen LogP contribution in [0.4, 0.5) is 14.5 Å². The summed E-state index contributed by atoms with van der Waals surface area (Å²) >= 11 is 0. The third kappa shape index (κ3) is 2.99. The maximum atomic E-state index is 13.2. The van der Waals surface area contributed by atoms with Gasteiger partial charge < -0.3 is 10.5 Å². The van der Waals surface area contributed by atoms with Crippen molar-refractivity contribution in [3.63, 3.8) is 0 Å². The standard InChI is InChI=1S/C14H10F2N2O/c15-10-7-12(16)14(18)13(8-10)19-11-3-1-9(2-4-11)5-6-17/h1-4,7-8H,5,18H2. The fourth-order valence-electron chi connectivity index (χ4n) is 1.54. The Morgan fingerprint density at radius 1 is 1.16 bits per heavy atom. The zero-order chi connectivity index (χ0) is 13.8. The number of nitrogen functional groups attached to an aromatic ring is 1. The molecular formula is C14H10F2N2O. The van der Waals surface area contributed by atoms with E-state index in [1.807, 2.05) is 6.07 Å². The van der Waals surface area contributed by atoms with E-state index >= 15 is 0 Å². The molecule has 0 aliphatic carbocycles. The average Bonchev–Trinajstić information content (AvgIpc) is 2.38. The van der Waals surface area contributed by atoms with Crippen molar-refractivity contribution in [2.45, 2.75) is 6.42 Å². The van der Waals surface area contributed by atoms with Crippen LogP contribution in [0.15, 0.2) is 36.4 Å². The normalized spacial score (nSPS) is 9.95. The molecule has 0 unspecified atom stereocenters. The SMILES string of the molecule is N#CCc1ccc(Oc2cc(F)cc(F)c2N)cc1. The van der Waals surface area contributed by atoms with Gasteiger partial charge in [-0.15, -0.1) is 0 Å². The molecule has 0 atom stereocenters. The monoisotopic (exact) mass is 260 g/mol. The summed E-state index contributed by atoms with van der Waals surface area (Å²) in [7, 11) is 0. The van der Waals surface area contributed by atoms with Crippen molar-refractivity contribution < 1.29 is 13.5 Å². The summed E-state index contributed by atoms with van der Waals surface area (Å²) in [6.07, 6.45) is 0.289. The molecule has 0 aliphatic heterocycles. The summed E-state index contributed by atoms with van der Waals surface area (Å²) in [4.78, 5) is 0. The largest absolute Gasteiger partial charge is 0.455 e. The van der Waals surface area contributed by atoms with Gasteiger partial charge in [0.1, 0.15) is 17.3 Å². The number of ether oxygens (including phenoxy) is 1. The van der Waals surface area contributed by atoms with Crippen LogP contribution in [0.1, 0.15) is 5.56 Å². The smallest absolute Gasteiger partial charge is 0.156 e. The van der Waals surface area contributed by atoms with Crippen molar-refractivity contribution in [1.29, 1.82) is 5.26 Å². The van der Waals surface area contributed by atoms with Crippen LogP contribution in [0.5, 0.6) is 11.5 Å². The Bertz CT molecular complexity index is 633. The number of benzene rings is 2. The second-order valence-electron chi connectivity index (χ2n) is 3.88. The van der Waals surface area contributed by atoms with E-state index in [-0.39, 0.29) is 17.9 Å². The van der Waals surface area contributed by atoms with Gasteiger partial charge in [0.15, 0.2) is 11.6 Å². The molecular weight excluding hydrogens is 250 g/mol. The first-order valence-electron chi connectivity index (χ1n) is 5.48. The maximum absolute atomic E-state index is 13.2. The lowest BCUT2D eigenvalue weighted by Crippen LogP contribution is -1.97. The van der Waals surface area contributed by atoms with Crippen LogP contribution >= 0.6 is 0 Å². The Labute approximate surface area is 108 Å². The topological polar surface area (TPSA) is 59.0 Å². The molecule has 0 saturated heterocycles. The average molecular weight is 260 g/mol. The van der Waals surface area contributed by atoms with Gasteiger partial charge in [0.2, 0.25) is 0 Å². The first-order chi connectivity index (χ1) is 9.10. The fourth-order valence-corrected chi connectivity index (χ4v) is 1.54. The van der Waals surface area contributed by atoms with E-state index in [9.17, 15) is 8.78 Å². The van der Waals surface area contributed by atoms with Gasteiger partial charge in [-0.3, -0.25) is 0 Å². The van der Waals surface area contributed by atoms with E-state index in [1.165, 1.54) is 0 Å². The van der Waals surface area contributed by atoms with Gasteiger partial charge in [0, 0.05) is 12.1 Å². The number of nitrogens with two attached hydrogens (primary N) is 1. The van der Waals surface area contributed by atoms with Crippen molar-refractivity contribution in [3.8, 4) is 17.6 Å². The van der Waals surface area contributed by atoms with E-state index in [1.54, 1.807) is 24.3 Å². The molecule has 0 saturated carbocycles. The van der Waals surface area contributed by atoms with Crippen LogP contribution in [0.25, 0.3) is 0 Å². The van der Waals surface area contributed by atoms with E-state index < -0.39 is 11.6 Å². The molecule has 19 heavy (non-hydrogen) atoms. The van der Waals surface area contributed by atoms with Gasteiger partial charge in [-0.2, -0.15) is 5.26 Å². The summed E-state index contributed by atoms with van der Waals surface area (Å²) in [5.74, 6) is -1.32. The molecule has 2 aromatic rings. The van der Waals surface area contributed by atoms with Crippen LogP contribution in [0.2, 0.25) is 0 Å². The molecule has 2 N–H and O–H groups in total. The highest BCUT2D eigenvalue weighted by atomic mass is 19.1. The lowest BCUT2D eigenvalue weighted by atomic mass is 10.2. The summed E-state index contributed by atoms with van der Waals surface area (Å²) in [6.45, 7) is 0. The molecule has 0 heterocycles. The lowest BCUT2D eigenvalue weighted by molar-refractivity contribution is 0.472. The first kappa shape index (κ1) is 12.8. The lowest BCUT2D eigenvalue weighted by Gasteiger charge is -2.09. The Morgan fingerprint density at radius 3 is 2.47 bits per heavy atom. The fraction of sp³-hybridized carbons (Fsp3) is 0.0714. The maximum Gasteiger partial charge on any atom is 0.156 e. The number of rotatable bonds is 3. The number of anilines is 1. The number of nitriles is 1. The molecule has 0 aromatic heterocycles. The molecule has 0 bridgehead atoms. The minimum Gasteiger partial charge on any atom is -0.455 e. The van der Waals surface area contributed by atoms with Crippen molar-refractivity contribution in [2.75, 3.05) is 5.73 Å². The highest BCUT2D eigenvalue weighted by Crippen LogP contribution is 2.30. The molecule has 0 spiro atoms. The molecule has 96 valence electrons. The van der Waals surface area contributed by atoms with Gasteiger partial charge in [-0.1, -0.05) is 12.1 Å². The second kappa shape index (κ2) is 5.36. The highest BCUT2D eigenvalue weighted by Gasteiger charge is 2.10. The Kier molecular flexibility index (Phi) is 3.62. The van der Waals surface area contributed by atoms with Crippen LogP contribution in [0, 0.1) is 23.0 Å². The molecule has 3 nitrogen and oxygen atoms in total. The molecule has 0 aliphatic rings. The van der Waals surface area contributed by atoms with Gasteiger partial charge >= 0.3 is 0 Å². The predicted molar refractivity (Wildman–Crippen MR) is 66.6 cm³/mol. The van der Waals surface area contributed by atoms with E-state index in [0.717, 1.165) is 11.6 Å². The molecule has 0 amide bonds. The Balaban J connectivity index is 2.24. The number of hydrogen-bond acceptors (Lipinski definition) is 3. The van der Waals surface area contributed by atoms with Crippen LogP contribution in [0.3, 0.4) is 0 Å². The van der Waals surface area contributed by atoms with Gasteiger partial charge in [0.25, 0.3) is 0 Å². The van der Waals surface area contributed by atoms with E-state index in [4.69, 9.17) is 15.7 Å². The van der Waals surface area contributed by atoms with Crippen LogP contribution < -0.4 is 10.5 Å². The van der Waals surface area contributed by atoms with Crippen molar-refractivity contribution in [2.24, 2.45) is 0 Å². The number of nitrogens with zero attached hydrogens (tertiary/aromatic N) is 1.